The van der Waals surface area contributed by atoms with Crippen LogP contribution in [0, 0.1) is 12.7 Å². The third kappa shape index (κ3) is 4.50. The molecule has 3 aromatic rings. The summed E-state index contributed by atoms with van der Waals surface area (Å²) in [5.74, 6) is 0.00836. The van der Waals surface area contributed by atoms with Gasteiger partial charge in [0.25, 0.3) is 11.5 Å². The highest BCUT2D eigenvalue weighted by molar-refractivity contribution is 8.26. The molecule has 0 spiro atoms. The molecule has 2 saturated heterocycles. The van der Waals surface area contributed by atoms with Crippen LogP contribution < -0.4 is 10.5 Å². The number of rotatable bonds is 4. The molecule has 6 nitrogen and oxygen atoms in total. The minimum absolute atomic E-state index is 0.213. The number of aryl methyl sites for hydroxylation is 1. The van der Waals surface area contributed by atoms with E-state index in [4.69, 9.17) is 17.2 Å². The number of carbonyl (C=O) groups is 1. The summed E-state index contributed by atoms with van der Waals surface area (Å²) in [5, 5.41) is 0. The lowest BCUT2D eigenvalue weighted by atomic mass is 10.0. The van der Waals surface area contributed by atoms with Crippen LogP contribution >= 0.6 is 24.0 Å². The number of nitrogens with zero attached hydrogens (tertiary/aromatic N) is 4. The average Bonchev–Trinajstić information content (AvgIpc) is 3.10. The van der Waals surface area contributed by atoms with Gasteiger partial charge in [-0.2, -0.15) is 0 Å². The van der Waals surface area contributed by atoms with Crippen LogP contribution in [0.15, 0.2) is 52.3 Å². The van der Waals surface area contributed by atoms with E-state index in [-0.39, 0.29) is 29.9 Å². The SMILES string of the molecule is Cc1cccn2c(=O)c(/C=C3/SC(=S)N(Cc4ccc(F)cc4)C3=O)c(N3CCCCC3C)nc12. The van der Waals surface area contributed by atoms with Gasteiger partial charge in [-0.3, -0.25) is 18.9 Å². The maximum atomic E-state index is 13.7. The standard InChI is InChI=1S/C26H25FN4O2S2/c1-16-6-5-13-30-22(16)28-23(29-12-4-3-7-17(29)2)20(24(30)32)14-21-25(33)31(26(34)35-21)15-18-8-10-19(27)11-9-18/h5-6,8-11,13-14,17H,3-4,7,12,15H2,1-2H3/b21-14+. The van der Waals surface area contributed by atoms with Gasteiger partial charge in [-0.1, -0.05) is 42.2 Å². The highest BCUT2D eigenvalue weighted by atomic mass is 32.2. The van der Waals surface area contributed by atoms with Crippen molar-refractivity contribution < 1.29 is 9.18 Å². The second-order valence-electron chi connectivity index (χ2n) is 8.97. The molecule has 180 valence electrons. The third-order valence-corrected chi connectivity index (χ3v) is 7.92. The van der Waals surface area contributed by atoms with Crippen molar-refractivity contribution in [3.63, 3.8) is 0 Å². The minimum Gasteiger partial charge on any atom is -0.353 e. The van der Waals surface area contributed by atoms with Crippen LogP contribution in [-0.2, 0) is 11.3 Å². The number of aromatic nitrogens is 2. The number of thioether (sulfide) groups is 1. The normalized spacial score (nSPS) is 19.9. The van der Waals surface area contributed by atoms with Crippen molar-refractivity contribution in [1.82, 2.24) is 14.3 Å². The average molecular weight is 509 g/mol. The fourth-order valence-corrected chi connectivity index (χ4v) is 5.84. The number of thiocarbonyl (C=S) groups is 1. The van der Waals surface area contributed by atoms with Gasteiger partial charge in [0.15, 0.2) is 0 Å². The summed E-state index contributed by atoms with van der Waals surface area (Å²) in [6.45, 7) is 5.13. The molecule has 2 aliphatic heterocycles. The van der Waals surface area contributed by atoms with Gasteiger partial charge in [0.05, 0.1) is 17.0 Å². The molecule has 0 radical (unpaired) electrons. The highest BCUT2D eigenvalue weighted by Crippen LogP contribution is 2.35. The lowest BCUT2D eigenvalue weighted by Crippen LogP contribution is -2.40. The van der Waals surface area contributed by atoms with Crippen LogP contribution in [0.25, 0.3) is 11.7 Å². The molecule has 9 heteroatoms. The maximum absolute atomic E-state index is 13.7. The predicted octanol–water partition coefficient (Wildman–Crippen LogP) is 4.92. The first kappa shape index (κ1) is 23.7. The van der Waals surface area contributed by atoms with Crippen molar-refractivity contribution in [1.29, 1.82) is 0 Å². The number of benzene rings is 1. The number of hydrogen-bond donors (Lipinski definition) is 0. The smallest absolute Gasteiger partial charge is 0.267 e. The monoisotopic (exact) mass is 508 g/mol. The van der Waals surface area contributed by atoms with Crippen molar-refractivity contribution >= 4 is 51.7 Å². The van der Waals surface area contributed by atoms with E-state index < -0.39 is 0 Å². The van der Waals surface area contributed by atoms with Gasteiger partial charge in [0.2, 0.25) is 0 Å². The lowest BCUT2D eigenvalue weighted by Gasteiger charge is -2.35. The molecule has 0 N–H and O–H groups in total. The zero-order chi connectivity index (χ0) is 24.7. The Labute approximate surface area is 212 Å². The molecule has 2 aliphatic rings. The van der Waals surface area contributed by atoms with Crippen LogP contribution in [0.1, 0.15) is 42.9 Å². The molecule has 2 fully saturated rings. The van der Waals surface area contributed by atoms with Crippen LogP contribution in [0.3, 0.4) is 0 Å². The Kier molecular flexibility index (Phi) is 6.46. The molecule has 1 amide bonds. The van der Waals surface area contributed by atoms with E-state index in [2.05, 4.69) is 11.8 Å². The van der Waals surface area contributed by atoms with Gasteiger partial charge in [-0.15, -0.1) is 0 Å². The quantitative estimate of drug-likeness (QED) is 0.368. The van der Waals surface area contributed by atoms with Gasteiger partial charge >= 0.3 is 0 Å². The molecule has 0 bridgehead atoms. The number of fused-ring (bicyclic) bond motifs is 1. The number of halogens is 1. The fraction of sp³-hybridized carbons (Fsp3) is 0.308. The maximum Gasteiger partial charge on any atom is 0.267 e. The van der Waals surface area contributed by atoms with Crippen LogP contribution in [0.4, 0.5) is 10.2 Å². The first-order valence-electron chi connectivity index (χ1n) is 11.6. The second kappa shape index (κ2) is 9.54. The largest absolute Gasteiger partial charge is 0.353 e. The zero-order valence-electron chi connectivity index (χ0n) is 19.5. The molecule has 0 aliphatic carbocycles. The van der Waals surface area contributed by atoms with E-state index in [1.807, 2.05) is 19.1 Å². The Morgan fingerprint density at radius 2 is 1.97 bits per heavy atom. The van der Waals surface area contributed by atoms with Gasteiger partial charge in [-0.25, -0.2) is 9.37 Å². The molecule has 1 unspecified atom stereocenters. The first-order valence-corrected chi connectivity index (χ1v) is 12.8. The van der Waals surface area contributed by atoms with Crippen molar-refractivity contribution in [3.05, 3.63) is 80.4 Å². The number of anilines is 1. The molecule has 1 atom stereocenters. The van der Waals surface area contributed by atoms with Crippen LogP contribution in [0.5, 0.6) is 0 Å². The first-order chi connectivity index (χ1) is 16.8. The molecule has 1 aromatic carbocycles. The Bertz CT molecular complexity index is 1420. The zero-order valence-corrected chi connectivity index (χ0v) is 21.2. The highest BCUT2D eigenvalue weighted by Gasteiger charge is 2.33. The Morgan fingerprint density at radius 1 is 1.20 bits per heavy atom. The number of hydrogen-bond acceptors (Lipinski definition) is 6. The molecule has 35 heavy (non-hydrogen) atoms. The topological polar surface area (TPSA) is 57.9 Å². The summed E-state index contributed by atoms with van der Waals surface area (Å²) in [6, 6.07) is 9.98. The van der Waals surface area contributed by atoms with Crippen molar-refractivity contribution in [2.75, 3.05) is 11.4 Å². The number of carbonyl (C=O) groups excluding carboxylic acids is 1. The number of pyridine rings is 1. The Morgan fingerprint density at radius 3 is 2.71 bits per heavy atom. The van der Waals surface area contributed by atoms with E-state index in [1.54, 1.807) is 28.8 Å². The van der Waals surface area contributed by atoms with Crippen molar-refractivity contribution in [2.45, 2.75) is 45.7 Å². The number of amides is 1. The molecular weight excluding hydrogens is 483 g/mol. The van der Waals surface area contributed by atoms with Gasteiger partial charge in [0, 0.05) is 18.8 Å². The van der Waals surface area contributed by atoms with Gasteiger partial charge in [-0.05, 0) is 68.5 Å². The van der Waals surface area contributed by atoms with Gasteiger partial charge < -0.3 is 4.90 Å². The van der Waals surface area contributed by atoms with E-state index in [1.165, 1.54) is 28.8 Å². The van der Waals surface area contributed by atoms with E-state index >= 15 is 0 Å². The Hall–Kier alpha value is -3.04. The third-order valence-electron chi connectivity index (χ3n) is 6.54. The van der Waals surface area contributed by atoms with E-state index in [9.17, 15) is 14.0 Å². The summed E-state index contributed by atoms with van der Waals surface area (Å²) in [4.78, 5) is 36.0. The van der Waals surface area contributed by atoms with Gasteiger partial charge in [0.1, 0.15) is 21.6 Å². The van der Waals surface area contributed by atoms with Crippen LogP contribution in [-0.4, -0.2) is 37.1 Å². The second-order valence-corrected chi connectivity index (χ2v) is 10.6. The fourth-order valence-electron chi connectivity index (χ4n) is 4.60. The van der Waals surface area contributed by atoms with Crippen molar-refractivity contribution in [2.24, 2.45) is 0 Å². The summed E-state index contributed by atoms with van der Waals surface area (Å²) in [6.07, 6.45) is 6.54. The summed E-state index contributed by atoms with van der Waals surface area (Å²) >= 11 is 6.66. The minimum atomic E-state index is -0.335. The van der Waals surface area contributed by atoms with E-state index in [0.717, 1.165) is 36.9 Å². The molecular formula is C26H25FN4O2S2. The van der Waals surface area contributed by atoms with Crippen molar-refractivity contribution in [3.8, 4) is 0 Å². The van der Waals surface area contributed by atoms with Crippen LogP contribution in [0.2, 0.25) is 0 Å². The molecule has 0 saturated carbocycles. The molecule has 2 aromatic heterocycles. The molecule has 5 rings (SSSR count). The van der Waals surface area contributed by atoms with E-state index in [0.29, 0.717) is 26.3 Å². The summed E-state index contributed by atoms with van der Waals surface area (Å²) < 4.78 is 15.2. The predicted molar refractivity (Wildman–Crippen MR) is 142 cm³/mol. The summed E-state index contributed by atoms with van der Waals surface area (Å²) in [5.41, 5.74) is 2.48. The summed E-state index contributed by atoms with van der Waals surface area (Å²) in [7, 11) is 0. The molecule has 4 heterocycles. The Balaban J connectivity index is 1.59. The lowest BCUT2D eigenvalue weighted by molar-refractivity contribution is -0.122. The number of piperidine rings is 1.